The fourth-order valence-corrected chi connectivity index (χ4v) is 3.71. The summed E-state index contributed by atoms with van der Waals surface area (Å²) in [6.45, 7) is 2.57. The Bertz CT molecular complexity index is 1300. The number of nitrogens with one attached hydrogen (secondary N) is 1. The van der Waals surface area contributed by atoms with Crippen LogP contribution >= 0.6 is 0 Å². The molecule has 0 atom stereocenters. The number of alkyl halides is 2. The summed E-state index contributed by atoms with van der Waals surface area (Å²) < 4.78 is 31.4. The fourth-order valence-electron chi connectivity index (χ4n) is 3.71. The number of ether oxygens (including phenoxy) is 1. The molecule has 0 spiro atoms. The molecule has 0 aliphatic heterocycles. The number of hydrogen-bond donors (Lipinski definition) is 1. The van der Waals surface area contributed by atoms with E-state index in [0.717, 1.165) is 33.3 Å². The van der Waals surface area contributed by atoms with Gasteiger partial charge in [0.25, 0.3) is 0 Å². The number of fused-ring (bicyclic) bond motifs is 1. The van der Waals surface area contributed by atoms with Gasteiger partial charge in [0.2, 0.25) is 5.91 Å². The molecule has 0 aliphatic carbocycles. The highest BCUT2D eigenvalue weighted by Gasteiger charge is 2.17. The Morgan fingerprint density at radius 3 is 2.62 bits per heavy atom. The molecule has 0 fully saturated rings. The van der Waals surface area contributed by atoms with Crippen molar-refractivity contribution in [1.29, 1.82) is 0 Å². The SMILES string of the molecule is Cc1cccc(-c2ccnc3c2c(C)nn3CC(=O)Nc2cc(C)ccc2OC(F)F)c1. The molecule has 6 nitrogen and oxygen atoms in total. The predicted octanol–water partition coefficient (Wildman–Crippen LogP) is 5.26. The molecule has 8 heteroatoms. The van der Waals surface area contributed by atoms with Gasteiger partial charge in [0, 0.05) is 11.6 Å². The normalized spacial score (nSPS) is 11.2. The Labute approximate surface area is 183 Å². The molecule has 2 aromatic heterocycles. The van der Waals surface area contributed by atoms with Crippen LogP contribution in [0, 0.1) is 20.8 Å². The van der Waals surface area contributed by atoms with Gasteiger partial charge in [-0.2, -0.15) is 13.9 Å². The molecule has 0 saturated heterocycles. The van der Waals surface area contributed by atoms with E-state index in [-0.39, 0.29) is 18.0 Å². The second kappa shape index (κ2) is 8.74. The minimum absolute atomic E-state index is 0.0969. The Morgan fingerprint density at radius 1 is 1.09 bits per heavy atom. The van der Waals surface area contributed by atoms with Crippen LogP contribution in [0.25, 0.3) is 22.2 Å². The van der Waals surface area contributed by atoms with Gasteiger partial charge in [0.05, 0.1) is 11.4 Å². The van der Waals surface area contributed by atoms with Gasteiger partial charge in [-0.05, 0) is 55.7 Å². The lowest BCUT2D eigenvalue weighted by atomic mass is 10.0. The molecule has 0 saturated carbocycles. The topological polar surface area (TPSA) is 69.0 Å². The van der Waals surface area contributed by atoms with Gasteiger partial charge in [-0.15, -0.1) is 0 Å². The summed E-state index contributed by atoms with van der Waals surface area (Å²) in [4.78, 5) is 17.2. The molecular weight excluding hydrogens is 414 g/mol. The van der Waals surface area contributed by atoms with Gasteiger partial charge in [-0.3, -0.25) is 4.79 Å². The number of carbonyl (C=O) groups excluding carboxylic acids is 1. The van der Waals surface area contributed by atoms with Crippen LogP contribution in [-0.4, -0.2) is 27.3 Å². The van der Waals surface area contributed by atoms with Crippen LogP contribution in [0.5, 0.6) is 5.75 Å². The Kier molecular flexibility index (Phi) is 5.85. The van der Waals surface area contributed by atoms with Crippen molar-refractivity contribution in [1.82, 2.24) is 14.8 Å². The van der Waals surface area contributed by atoms with Gasteiger partial charge in [-0.1, -0.05) is 35.9 Å². The molecule has 2 aromatic carbocycles. The number of rotatable bonds is 6. The lowest BCUT2D eigenvalue weighted by Crippen LogP contribution is -2.20. The van der Waals surface area contributed by atoms with Crippen molar-refractivity contribution < 1.29 is 18.3 Å². The van der Waals surface area contributed by atoms with E-state index in [2.05, 4.69) is 26.2 Å². The predicted molar refractivity (Wildman–Crippen MR) is 119 cm³/mol. The van der Waals surface area contributed by atoms with Crippen LogP contribution in [-0.2, 0) is 11.3 Å². The van der Waals surface area contributed by atoms with Gasteiger partial charge in [0.15, 0.2) is 5.65 Å². The maximum atomic E-state index is 12.7. The number of hydrogen-bond acceptors (Lipinski definition) is 4. The van der Waals surface area contributed by atoms with Gasteiger partial charge < -0.3 is 10.1 Å². The van der Waals surface area contributed by atoms with Crippen molar-refractivity contribution in [3.05, 3.63) is 71.5 Å². The lowest BCUT2D eigenvalue weighted by Gasteiger charge is -2.13. The van der Waals surface area contributed by atoms with Crippen molar-refractivity contribution >= 4 is 22.6 Å². The average molecular weight is 436 g/mol. The van der Waals surface area contributed by atoms with E-state index in [0.29, 0.717) is 5.65 Å². The molecule has 0 radical (unpaired) electrons. The molecule has 4 aromatic rings. The van der Waals surface area contributed by atoms with E-state index in [4.69, 9.17) is 0 Å². The summed E-state index contributed by atoms with van der Waals surface area (Å²) in [5, 5.41) is 8.02. The smallest absolute Gasteiger partial charge is 0.387 e. The van der Waals surface area contributed by atoms with Crippen molar-refractivity contribution in [2.75, 3.05) is 5.32 Å². The maximum Gasteiger partial charge on any atom is 0.387 e. The minimum atomic E-state index is -2.99. The van der Waals surface area contributed by atoms with Gasteiger partial charge in [0.1, 0.15) is 12.3 Å². The molecular formula is C24H22F2N4O2. The van der Waals surface area contributed by atoms with Crippen molar-refractivity contribution in [3.8, 4) is 16.9 Å². The maximum absolute atomic E-state index is 12.7. The summed E-state index contributed by atoms with van der Waals surface area (Å²) in [5.74, 6) is -0.526. The van der Waals surface area contributed by atoms with Crippen LogP contribution in [0.3, 0.4) is 0 Å². The molecule has 32 heavy (non-hydrogen) atoms. The van der Waals surface area contributed by atoms with Crippen LogP contribution in [0.4, 0.5) is 14.5 Å². The quantitative estimate of drug-likeness (QED) is 0.447. The summed E-state index contributed by atoms with van der Waals surface area (Å²) in [7, 11) is 0. The number of pyridine rings is 1. The fraction of sp³-hybridized carbons (Fsp3) is 0.208. The van der Waals surface area contributed by atoms with Crippen molar-refractivity contribution in [3.63, 3.8) is 0 Å². The second-order valence-electron chi connectivity index (χ2n) is 7.60. The van der Waals surface area contributed by atoms with Crippen LogP contribution in [0.15, 0.2) is 54.7 Å². The Balaban J connectivity index is 1.64. The molecule has 4 rings (SSSR count). The monoisotopic (exact) mass is 436 g/mol. The average Bonchev–Trinajstić information content (AvgIpc) is 3.05. The highest BCUT2D eigenvalue weighted by molar-refractivity contribution is 5.97. The molecule has 0 unspecified atom stereocenters. The number of amides is 1. The van der Waals surface area contributed by atoms with E-state index in [9.17, 15) is 13.6 Å². The first-order chi connectivity index (χ1) is 15.3. The van der Waals surface area contributed by atoms with Crippen molar-refractivity contribution in [2.24, 2.45) is 0 Å². The first kappa shape index (κ1) is 21.4. The Morgan fingerprint density at radius 2 is 1.88 bits per heavy atom. The third kappa shape index (κ3) is 4.44. The summed E-state index contributed by atoms with van der Waals surface area (Å²) in [5.41, 5.74) is 5.45. The third-order valence-corrected chi connectivity index (χ3v) is 5.06. The Hall–Kier alpha value is -3.81. The number of benzene rings is 2. The molecule has 1 amide bonds. The van der Waals surface area contributed by atoms with E-state index >= 15 is 0 Å². The van der Waals surface area contributed by atoms with Crippen LogP contribution in [0.2, 0.25) is 0 Å². The van der Waals surface area contributed by atoms with E-state index in [1.165, 1.54) is 10.7 Å². The number of aromatic nitrogens is 3. The van der Waals surface area contributed by atoms with E-state index in [1.807, 2.05) is 38.1 Å². The van der Waals surface area contributed by atoms with E-state index in [1.54, 1.807) is 25.3 Å². The second-order valence-corrected chi connectivity index (χ2v) is 7.60. The highest BCUT2D eigenvalue weighted by atomic mass is 19.3. The lowest BCUT2D eigenvalue weighted by molar-refractivity contribution is -0.116. The highest BCUT2D eigenvalue weighted by Crippen LogP contribution is 2.31. The number of halogens is 2. The largest absolute Gasteiger partial charge is 0.433 e. The molecule has 1 N–H and O–H groups in total. The molecule has 0 aliphatic rings. The van der Waals surface area contributed by atoms with Crippen molar-refractivity contribution in [2.45, 2.75) is 33.9 Å². The summed E-state index contributed by atoms with van der Waals surface area (Å²) >= 11 is 0. The summed E-state index contributed by atoms with van der Waals surface area (Å²) in [6.07, 6.45) is 1.69. The molecule has 0 bridgehead atoms. The zero-order chi connectivity index (χ0) is 22.8. The first-order valence-corrected chi connectivity index (χ1v) is 10.1. The van der Waals surface area contributed by atoms with E-state index < -0.39 is 12.5 Å². The van der Waals surface area contributed by atoms with Crippen LogP contribution < -0.4 is 10.1 Å². The third-order valence-electron chi connectivity index (χ3n) is 5.06. The minimum Gasteiger partial charge on any atom is -0.433 e. The van der Waals surface area contributed by atoms with Gasteiger partial charge >= 0.3 is 6.61 Å². The number of anilines is 1. The zero-order valence-corrected chi connectivity index (χ0v) is 17.9. The standard InChI is InChI=1S/C24H22F2N4O2/c1-14-5-4-6-17(11-14)18-9-10-27-23-22(18)16(3)29-30(23)13-21(31)28-19-12-15(2)7-8-20(19)32-24(25)26/h4-12,24H,13H2,1-3H3,(H,28,31). The number of aryl methyl sites for hydroxylation is 3. The molecule has 2 heterocycles. The first-order valence-electron chi connectivity index (χ1n) is 10.1. The van der Waals surface area contributed by atoms with Gasteiger partial charge in [-0.25, -0.2) is 9.67 Å². The zero-order valence-electron chi connectivity index (χ0n) is 17.9. The molecule has 164 valence electrons. The number of carbonyl (C=O) groups is 1. The summed E-state index contributed by atoms with van der Waals surface area (Å²) in [6, 6.07) is 14.7. The number of nitrogens with zero attached hydrogens (tertiary/aromatic N) is 3. The van der Waals surface area contributed by atoms with Crippen LogP contribution in [0.1, 0.15) is 16.8 Å².